The van der Waals surface area contributed by atoms with E-state index in [1.54, 1.807) is 0 Å². The van der Waals surface area contributed by atoms with Crippen molar-refractivity contribution in [2.75, 3.05) is 44.1 Å². The molecule has 0 spiro atoms. The summed E-state index contributed by atoms with van der Waals surface area (Å²) >= 11 is 2.44. The summed E-state index contributed by atoms with van der Waals surface area (Å²) in [4.78, 5) is 0. The SMILES string of the molecule is CCCCCCCCCCCCOCCOCCOCCCCCCI. The van der Waals surface area contributed by atoms with E-state index in [2.05, 4.69) is 29.5 Å². The first-order valence-corrected chi connectivity index (χ1v) is 12.7. The molecule has 0 aromatic rings. The van der Waals surface area contributed by atoms with E-state index in [1.807, 2.05) is 0 Å². The molecule has 0 aromatic heterocycles. The fourth-order valence-corrected chi connectivity index (χ4v) is 3.42. The summed E-state index contributed by atoms with van der Waals surface area (Å²) in [7, 11) is 0. The average Bonchev–Trinajstić information content (AvgIpc) is 2.66. The smallest absolute Gasteiger partial charge is 0.0701 e. The molecule has 158 valence electrons. The van der Waals surface area contributed by atoms with Gasteiger partial charge < -0.3 is 14.2 Å². The van der Waals surface area contributed by atoms with Gasteiger partial charge in [0, 0.05) is 13.2 Å². The zero-order valence-electron chi connectivity index (χ0n) is 17.5. The lowest BCUT2D eigenvalue weighted by atomic mass is 10.1. The number of hydrogen-bond donors (Lipinski definition) is 0. The summed E-state index contributed by atoms with van der Waals surface area (Å²) in [6.45, 7) is 6.84. The Morgan fingerprint density at radius 3 is 1.19 bits per heavy atom. The van der Waals surface area contributed by atoms with Gasteiger partial charge >= 0.3 is 0 Å². The molecule has 0 saturated carbocycles. The lowest BCUT2D eigenvalue weighted by Gasteiger charge is -2.07. The molecule has 0 heterocycles. The Hall–Kier alpha value is 0.610. The first-order valence-electron chi connectivity index (χ1n) is 11.2. The largest absolute Gasteiger partial charge is 0.379 e. The van der Waals surface area contributed by atoms with Crippen LogP contribution in [0.15, 0.2) is 0 Å². The molecule has 0 rings (SSSR count). The summed E-state index contributed by atoms with van der Waals surface area (Å²) in [5.41, 5.74) is 0. The number of halogens is 1. The van der Waals surface area contributed by atoms with Crippen molar-refractivity contribution in [1.29, 1.82) is 0 Å². The third kappa shape index (κ3) is 24.6. The third-order valence-electron chi connectivity index (χ3n) is 4.56. The second-order valence-electron chi connectivity index (χ2n) is 7.12. The van der Waals surface area contributed by atoms with Gasteiger partial charge in [-0.3, -0.25) is 0 Å². The standard InChI is InChI=1S/C22H45IO3/c1-2-3-4-5-6-7-8-9-11-14-17-24-19-21-26-22-20-25-18-15-12-10-13-16-23/h2-22H2,1H3. The van der Waals surface area contributed by atoms with Gasteiger partial charge in [0.25, 0.3) is 0 Å². The first-order chi connectivity index (χ1) is 12.9. The minimum absolute atomic E-state index is 0.690. The van der Waals surface area contributed by atoms with Crippen molar-refractivity contribution in [3.05, 3.63) is 0 Å². The Labute approximate surface area is 177 Å². The average molecular weight is 485 g/mol. The zero-order chi connectivity index (χ0) is 19.0. The highest BCUT2D eigenvalue weighted by Crippen LogP contribution is 2.10. The van der Waals surface area contributed by atoms with Crippen molar-refractivity contribution >= 4 is 22.6 Å². The molecule has 0 amide bonds. The van der Waals surface area contributed by atoms with Gasteiger partial charge in [0.15, 0.2) is 0 Å². The van der Waals surface area contributed by atoms with Crippen LogP contribution in [0.25, 0.3) is 0 Å². The highest BCUT2D eigenvalue weighted by molar-refractivity contribution is 14.1. The van der Waals surface area contributed by atoms with Gasteiger partial charge in [-0.15, -0.1) is 0 Å². The van der Waals surface area contributed by atoms with E-state index in [-0.39, 0.29) is 0 Å². The number of ether oxygens (including phenoxy) is 3. The van der Waals surface area contributed by atoms with Gasteiger partial charge in [-0.1, -0.05) is 100 Å². The van der Waals surface area contributed by atoms with Crippen LogP contribution >= 0.6 is 22.6 Å². The van der Waals surface area contributed by atoms with Crippen molar-refractivity contribution in [2.45, 2.75) is 96.8 Å². The Morgan fingerprint density at radius 2 is 0.769 bits per heavy atom. The molecule has 3 nitrogen and oxygen atoms in total. The Balaban J connectivity index is 2.95. The Bertz CT molecular complexity index is 215. The highest BCUT2D eigenvalue weighted by atomic mass is 127. The van der Waals surface area contributed by atoms with Gasteiger partial charge in [-0.05, 0) is 23.7 Å². The van der Waals surface area contributed by atoms with Crippen LogP contribution in [0.5, 0.6) is 0 Å². The predicted molar refractivity (Wildman–Crippen MR) is 122 cm³/mol. The van der Waals surface area contributed by atoms with Crippen LogP contribution in [-0.2, 0) is 14.2 Å². The number of alkyl halides is 1. The summed E-state index contributed by atoms with van der Waals surface area (Å²) in [6.07, 6.45) is 18.9. The van der Waals surface area contributed by atoms with Crippen LogP contribution in [0, 0.1) is 0 Å². The predicted octanol–water partition coefficient (Wildman–Crippen LogP) is 6.95. The van der Waals surface area contributed by atoms with Crippen LogP contribution in [0.4, 0.5) is 0 Å². The first kappa shape index (κ1) is 26.6. The molecule has 0 radical (unpaired) electrons. The van der Waals surface area contributed by atoms with Gasteiger partial charge in [0.1, 0.15) is 0 Å². The van der Waals surface area contributed by atoms with Gasteiger partial charge in [-0.2, -0.15) is 0 Å². The zero-order valence-corrected chi connectivity index (χ0v) is 19.6. The summed E-state index contributed by atoms with van der Waals surface area (Å²) < 4.78 is 18.0. The summed E-state index contributed by atoms with van der Waals surface area (Å²) in [5.74, 6) is 0. The van der Waals surface area contributed by atoms with Crippen molar-refractivity contribution in [2.24, 2.45) is 0 Å². The fraction of sp³-hybridized carbons (Fsp3) is 1.00. The molecule has 0 fully saturated rings. The molecule has 26 heavy (non-hydrogen) atoms. The van der Waals surface area contributed by atoms with E-state index in [4.69, 9.17) is 14.2 Å². The quantitative estimate of drug-likeness (QED) is 0.0892. The van der Waals surface area contributed by atoms with Crippen molar-refractivity contribution in [3.8, 4) is 0 Å². The van der Waals surface area contributed by atoms with Gasteiger partial charge in [0.2, 0.25) is 0 Å². The van der Waals surface area contributed by atoms with Crippen LogP contribution in [-0.4, -0.2) is 44.1 Å². The molecule has 0 aromatic carbocycles. The third-order valence-corrected chi connectivity index (χ3v) is 5.32. The second kappa shape index (κ2) is 25.6. The normalized spacial score (nSPS) is 11.3. The lowest BCUT2D eigenvalue weighted by Crippen LogP contribution is -2.10. The molecule has 0 aliphatic rings. The maximum absolute atomic E-state index is 5.62. The number of hydrogen-bond acceptors (Lipinski definition) is 3. The maximum atomic E-state index is 5.62. The lowest BCUT2D eigenvalue weighted by molar-refractivity contribution is 0.0132. The van der Waals surface area contributed by atoms with Gasteiger partial charge in [-0.25, -0.2) is 0 Å². The van der Waals surface area contributed by atoms with Crippen LogP contribution < -0.4 is 0 Å². The highest BCUT2D eigenvalue weighted by Gasteiger charge is 1.95. The van der Waals surface area contributed by atoms with E-state index in [9.17, 15) is 0 Å². The van der Waals surface area contributed by atoms with E-state index in [0.29, 0.717) is 26.4 Å². The molecule has 4 heteroatoms. The monoisotopic (exact) mass is 484 g/mol. The summed E-state index contributed by atoms with van der Waals surface area (Å²) in [5, 5.41) is 0. The fourth-order valence-electron chi connectivity index (χ4n) is 2.89. The minimum Gasteiger partial charge on any atom is -0.379 e. The number of rotatable bonds is 23. The van der Waals surface area contributed by atoms with Crippen molar-refractivity contribution in [3.63, 3.8) is 0 Å². The molecule has 0 N–H and O–H groups in total. The molecule has 0 saturated heterocycles. The van der Waals surface area contributed by atoms with Crippen molar-refractivity contribution in [1.82, 2.24) is 0 Å². The number of unbranched alkanes of at least 4 members (excludes halogenated alkanes) is 12. The van der Waals surface area contributed by atoms with E-state index < -0.39 is 0 Å². The van der Waals surface area contributed by atoms with Crippen molar-refractivity contribution < 1.29 is 14.2 Å². The molecule has 0 atom stereocenters. The molecule has 0 bridgehead atoms. The molecule has 0 aliphatic heterocycles. The summed E-state index contributed by atoms with van der Waals surface area (Å²) in [6, 6.07) is 0. The topological polar surface area (TPSA) is 27.7 Å². The van der Waals surface area contributed by atoms with E-state index in [0.717, 1.165) is 13.2 Å². The van der Waals surface area contributed by atoms with E-state index >= 15 is 0 Å². The molecular weight excluding hydrogens is 439 g/mol. The maximum Gasteiger partial charge on any atom is 0.0701 e. The van der Waals surface area contributed by atoms with Crippen LogP contribution in [0.1, 0.15) is 96.8 Å². The Morgan fingerprint density at radius 1 is 0.423 bits per heavy atom. The van der Waals surface area contributed by atoms with E-state index in [1.165, 1.54) is 94.3 Å². The second-order valence-corrected chi connectivity index (χ2v) is 8.20. The van der Waals surface area contributed by atoms with Gasteiger partial charge in [0.05, 0.1) is 26.4 Å². The van der Waals surface area contributed by atoms with Crippen LogP contribution in [0.3, 0.4) is 0 Å². The minimum atomic E-state index is 0.690. The molecular formula is C22H45IO3. The van der Waals surface area contributed by atoms with Crippen LogP contribution in [0.2, 0.25) is 0 Å². The Kier molecular flexibility index (Phi) is 26.2. The molecule has 0 unspecified atom stereocenters. The molecule has 0 aliphatic carbocycles.